The second-order valence-electron chi connectivity index (χ2n) is 5.72. The Bertz CT molecular complexity index is 286. The number of hydrogen-bond donors (Lipinski definition) is 2. The average molecular weight is 288 g/mol. The number of esters is 1. The summed E-state index contributed by atoms with van der Waals surface area (Å²) in [5, 5.41) is 17.2. The minimum atomic E-state index is -0.765. The highest BCUT2D eigenvalue weighted by atomic mass is 16.6. The molecule has 0 bridgehead atoms. The third-order valence-corrected chi connectivity index (χ3v) is 3.10. The SMILES string of the molecule is CC(C)(CCCCCC(=O)O)OC(=O)CCCCCO. The van der Waals surface area contributed by atoms with Gasteiger partial charge in [0.15, 0.2) is 0 Å². The van der Waals surface area contributed by atoms with Crippen molar-refractivity contribution in [1.82, 2.24) is 0 Å². The van der Waals surface area contributed by atoms with Gasteiger partial charge in [0.05, 0.1) is 0 Å². The molecule has 0 aliphatic carbocycles. The molecule has 0 radical (unpaired) electrons. The van der Waals surface area contributed by atoms with Crippen LogP contribution in [-0.2, 0) is 14.3 Å². The highest BCUT2D eigenvalue weighted by Gasteiger charge is 2.21. The molecule has 2 N–H and O–H groups in total. The van der Waals surface area contributed by atoms with Crippen molar-refractivity contribution >= 4 is 11.9 Å². The number of carboxylic acids is 1. The fraction of sp³-hybridized carbons (Fsp3) is 0.867. The summed E-state index contributed by atoms with van der Waals surface area (Å²) in [6.45, 7) is 3.93. The first-order valence-electron chi connectivity index (χ1n) is 7.42. The molecule has 0 saturated heterocycles. The molecule has 118 valence electrons. The quantitative estimate of drug-likeness (QED) is 0.426. The first kappa shape index (κ1) is 18.9. The second kappa shape index (κ2) is 10.7. The van der Waals surface area contributed by atoms with Gasteiger partial charge in [-0.05, 0) is 46.0 Å². The molecule has 0 fully saturated rings. The van der Waals surface area contributed by atoms with Crippen LogP contribution in [0.1, 0.15) is 71.6 Å². The Morgan fingerprint density at radius 1 is 0.950 bits per heavy atom. The van der Waals surface area contributed by atoms with Gasteiger partial charge in [-0.3, -0.25) is 9.59 Å². The standard InChI is InChI=1S/C15H28O5/c1-15(2,11-7-3-5-9-13(17)18)20-14(19)10-6-4-8-12-16/h16H,3-12H2,1-2H3,(H,17,18). The van der Waals surface area contributed by atoms with Crippen molar-refractivity contribution in [1.29, 1.82) is 0 Å². The van der Waals surface area contributed by atoms with Gasteiger partial charge in [0.25, 0.3) is 0 Å². The van der Waals surface area contributed by atoms with Gasteiger partial charge < -0.3 is 14.9 Å². The van der Waals surface area contributed by atoms with E-state index in [0.717, 1.165) is 38.5 Å². The molecule has 0 heterocycles. The lowest BCUT2D eigenvalue weighted by Crippen LogP contribution is -2.27. The molecule has 0 aliphatic rings. The van der Waals surface area contributed by atoms with Crippen molar-refractivity contribution in [3.05, 3.63) is 0 Å². The summed E-state index contributed by atoms with van der Waals surface area (Å²) in [7, 11) is 0. The molecule has 5 heteroatoms. The Morgan fingerprint density at radius 3 is 2.15 bits per heavy atom. The lowest BCUT2D eigenvalue weighted by molar-refractivity contribution is -0.157. The van der Waals surface area contributed by atoms with Gasteiger partial charge >= 0.3 is 11.9 Å². The van der Waals surface area contributed by atoms with Crippen LogP contribution in [0.2, 0.25) is 0 Å². The van der Waals surface area contributed by atoms with Crippen molar-refractivity contribution in [3.8, 4) is 0 Å². The van der Waals surface area contributed by atoms with Crippen LogP contribution >= 0.6 is 0 Å². The minimum absolute atomic E-state index is 0.164. The summed E-state index contributed by atoms with van der Waals surface area (Å²) in [6.07, 6.45) is 6.00. The number of aliphatic hydroxyl groups excluding tert-OH is 1. The predicted molar refractivity (Wildman–Crippen MR) is 76.4 cm³/mol. The number of aliphatic hydroxyl groups is 1. The number of aliphatic carboxylic acids is 1. The zero-order chi connectivity index (χ0) is 15.4. The van der Waals surface area contributed by atoms with Gasteiger partial charge in [0, 0.05) is 19.4 Å². The Balaban J connectivity index is 3.70. The first-order chi connectivity index (χ1) is 9.37. The van der Waals surface area contributed by atoms with E-state index >= 15 is 0 Å². The maximum absolute atomic E-state index is 11.6. The lowest BCUT2D eigenvalue weighted by Gasteiger charge is -2.25. The number of hydrogen-bond acceptors (Lipinski definition) is 4. The normalized spacial score (nSPS) is 11.3. The highest BCUT2D eigenvalue weighted by molar-refractivity contribution is 5.69. The number of ether oxygens (including phenoxy) is 1. The fourth-order valence-corrected chi connectivity index (χ4v) is 1.97. The van der Waals surface area contributed by atoms with Crippen molar-refractivity contribution in [2.45, 2.75) is 77.2 Å². The Kier molecular flexibility index (Phi) is 10.1. The number of carbonyl (C=O) groups is 2. The fourth-order valence-electron chi connectivity index (χ4n) is 1.97. The molecule has 5 nitrogen and oxygen atoms in total. The van der Waals surface area contributed by atoms with Crippen molar-refractivity contribution in [2.24, 2.45) is 0 Å². The van der Waals surface area contributed by atoms with Gasteiger partial charge in [-0.1, -0.05) is 12.8 Å². The molecule has 0 atom stereocenters. The lowest BCUT2D eigenvalue weighted by atomic mass is 9.99. The molecular formula is C15H28O5. The number of carbonyl (C=O) groups excluding carboxylic acids is 1. The maximum atomic E-state index is 11.6. The van der Waals surface area contributed by atoms with E-state index in [2.05, 4.69) is 0 Å². The third-order valence-electron chi connectivity index (χ3n) is 3.10. The highest BCUT2D eigenvalue weighted by Crippen LogP contribution is 2.20. The average Bonchev–Trinajstić information content (AvgIpc) is 2.33. The van der Waals surface area contributed by atoms with E-state index in [1.807, 2.05) is 13.8 Å². The van der Waals surface area contributed by atoms with Gasteiger partial charge in [0.2, 0.25) is 0 Å². The summed E-state index contributed by atoms with van der Waals surface area (Å²) in [5.74, 6) is -0.961. The van der Waals surface area contributed by atoms with Crippen LogP contribution in [0.15, 0.2) is 0 Å². The zero-order valence-electron chi connectivity index (χ0n) is 12.7. The van der Waals surface area contributed by atoms with Crippen LogP contribution in [0, 0.1) is 0 Å². The monoisotopic (exact) mass is 288 g/mol. The summed E-state index contributed by atoms with van der Waals surface area (Å²) >= 11 is 0. The molecule has 0 aromatic carbocycles. The van der Waals surface area contributed by atoms with Gasteiger partial charge in [-0.2, -0.15) is 0 Å². The van der Waals surface area contributed by atoms with E-state index in [4.69, 9.17) is 14.9 Å². The smallest absolute Gasteiger partial charge is 0.306 e. The number of unbranched alkanes of at least 4 members (excludes halogenated alkanes) is 4. The Labute approximate surface area is 121 Å². The largest absolute Gasteiger partial charge is 0.481 e. The summed E-state index contributed by atoms with van der Waals surface area (Å²) in [6, 6.07) is 0. The predicted octanol–water partition coefficient (Wildman–Crippen LogP) is 2.90. The van der Waals surface area contributed by atoms with Crippen molar-refractivity contribution in [2.75, 3.05) is 6.61 Å². The molecule has 0 aromatic rings. The van der Waals surface area contributed by atoms with Gasteiger partial charge in [-0.15, -0.1) is 0 Å². The second-order valence-corrected chi connectivity index (χ2v) is 5.72. The van der Waals surface area contributed by atoms with Crippen LogP contribution in [0.4, 0.5) is 0 Å². The molecule has 0 aromatic heterocycles. The topological polar surface area (TPSA) is 83.8 Å². The van der Waals surface area contributed by atoms with Gasteiger partial charge in [0.1, 0.15) is 5.60 Å². The molecular weight excluding hydrogens is 260 g/mol. The molecule has 0 spiro atoms. The maximum Gasteiger partial charge on any atom is 0.306 e. The van der Waals surface area contributed by atoms with Crippen molar-refractivity contribution in [3.63, 3.8) is 0 Å². The third kappa shape index (κ3) is 12.0. The Hall–Kier alpha value is -1.10. The van der Waals surface area contributed by atoms with Crippen LogP contribution in [-0.4, -0.2) is 34.4 Å². The Morgan fingerprint density at radius 2 is 1.55 bits per heavy atom. The summed E-state index contributed by atoms with van der Waals surface area (Å²) in [4.78, 5) is 22.0. The van der Waals surface area contributed by atoms with E-state index in [1.165, 1.54) is 0 Å². The van der Waals surface area contributed by atoms with E-state index in [1.54, 1.807) is 0 Å². The van der Waals surface area contributed by atoms with E-state index in [9.17, 15) is 9.59 Å². The summed E-state index contributed by atoms with van der Waals surface area (Å²) < 4.78 is 5.43. The molecule has 0 saturated carbocycles. The molecule has 0 aliphatic heterocycles. The number of rotatable bonds is 12. The summed E-state index contributed by atoms with van der Waals surface area (Å²) in [5.41, 5.74) is -0.489. The zero-order valence-corrected chi connectivity index (χ0v) is 12.7. The molecule has 0 unspecified atom stereocenters. The number of carboxylic acid groups (broad SMARTS) is 1. The minimum Gasteiger partial charge on any atom is -0.481 e. The van der Waals surface area contributed by atoms with Crippen molar-refractivity contribution < 1.29 is 24.5 Å². The van der Waals surface area contributed by atoms with E-state index in [0.29, 0.717) is 12.8 Å². The van der Waals surface area contributed by atoms with E-state index in [-0.39, 0.29) is 19.0 Å². The van der Waals surface area contributed by atoms with Crippen LogP contribution in [0.25, 0.3) is 0 Å². The molecule has 0 amide bonds. The first-order valence-corrected chi connectivity index (χ1v) is 7.42. The van der Waals surface area contributed by atoms with Crippen LogP contribution < -0.4 is 0 Å². The van der Waals surface area contributed by atoms with Crippen LogP contribution in [0.3, 0.4) is 0 Å². The van der Waals surface area contributed by atoms with Crippen LogP contribution in [0.5, 0.6) is 0 Å². The van der Waals surface area contributed by atoms with Gasteiger partial charge in [-0.25, -0.2) is 0 Å². The molecule has 20 heavy (non-hydrogen) atoms. The van der Waals surface area contributed by atoms with E-state index < -0.39 is 11.6 Å². The molecule has 0 rings (SSSR count).